The standard InChI is InChI=1S/C21H24FN3O/c1-25-18(14-5-9-16(22)10-6-14)17(13-3-2-4-13)19(24-25)23-20(26)21(11-12-21)15-7-8-15/h5-6,9-10,13,15H,2-4,7-8,11-12H2,1H3,(H,23,24,26). The summed E-state index contributed by atoms with van der Waals surface area (Å²) < 4.78 is 15.2. The van der Waals surface area contributed by atoms with E-state index in [0.29, 0.717) is 17.7 Å². The lowest BCUT2D eigenvalue weighted by molar-refractivity contribution is -0.121. The number of anilines is 1. The van der Waals surface area contributed by atoms with Gasteiger partial charge in [-0.25, -0.2) is 4.39 Å². The molecular weight excluding hydrogens is 329 g/mol. The molecule has 3 aliphatic carbocycles. The number of carbonyl (C=O) groups excluding carboxylic acids is 1. The van der Waals surface area contributed by atoms with Crippen molar-refractivity contribution in [3.63, 3.8) is 0 Å². The molecule has 1 heterocycles. The Kier molecular flexibility index (Phi) is 3.49. The molecule has 136 valence electrons. The smallest absolute Gasteiger partial charge is 0.232 e. The fraction of sp³-hybridized carbons (Fsp3) is 0.524. The van der Waals surface area contributed by atoms with Gasteiger partial charge in [0.25, 0.3) is 0 Å². The van der Waals surface area contributed by atoms with Crippen LogP contribution in [-0.2, 0) is 11.8 Å². The van der Waals surface area contributed by atoms with Crippen LogP contribution in [0.5, 0.6) is 0 Å². The summed E-state index contributed by atoms with van der Waals surface area (Å²) in [6.07, 6.45) is 7.85. The first-order chi connectivity index (χ1) is 12.6. The largest absolute Gasteiger partial charge is 0.308 e. The minimum absolute atomic E-state index is 0.121. The van der Waals surface area contributed by atoms with Crippen LogP contribution in [-0.4, -0.2) is 15.7 Å². The highest BCUT2D eigenvalue weighted by atomic mass is 19.1. The van der Waals surface area contributed by atoms with Gasteiger partial charge in [-0.3, -0.25) is 9.48 Å². The van der Waals surface area contributed by atoms with Crippen molar-refractivity contribution in [2.45, 2.75) is 50.9 Å². The predicted molar refractivity (Wildman–Crippen MR) is 98.2 cm³/mol. The minimum atomic E-state index is -0.241. The molecular formula is C21H24FN3O. The second-order valence-corrected chi connectivity index (χ2v) is 8.25. The van der Waals surface area contributed by atoms with Crippen LogP contribution >= 0.6 is 0 Å². The van der Waals surface area contributed by atoms with Crippen molar-refractivity contribution in [1.29, 1.82) is 0 Å². The van der Waals surface area contributed by atoms with Crippen molar-refractivity contribution in [3.05, 3.63) is 35.6 Å². The van der Waals surface area contributed by atoms with E-state index in [0.717, 1.165) is 42.5 Å². The summed E-state index contributed by atoms with van der Waals surface area (Å²) in [6.45, 7) is 0. The van der Waals surface area contributed by atoms with E-state index < -0.39 is 0 Å². The highest BCUT2D eigenvalue weighted by Gasteiger charge is 2.59. The average Bonchev–Trinajstić information content (AvgIpc) is 3.45. The van der Waals surface area contributed by atoms with Gasteiger partial charge in [-0.2, -0.15) is 5.10 Å². The number of carbonyl (C=O) groups is 1. The quantitative estimate of drug-likeness (QED) is 0.852. The maximum absolute atomic E-state index is 13.4. The van der Waals surface area contributed by atoms with Gasteiger partial charge in [0.1, 0.15) is 5.82 Å². The van der Waals surface area contributed by atoms with Crippen molar-refractivity contribution in [2.24, 2.45) is 18.4 Å². The third-order valence-electron chi connectivity index (χ3n) is 6.55. The van der Waals surface area contributed by atoms with Gasteiger partial charge >= 0.3 is 0 Å². The van der Waals surface area contributed by atoms with Crippen LogP contribution in [0.2, 0.25) is 0 Å². The number of amides is 1. The summed E-state index contributed by atoms with van der Waals surface area (Å²) in [5.74, 6) is 1.64. The van der Waals surface area contributed by atoms with Gasteiger partial charge < -0.3 is 5.32 Å². The molecule has 0 aliphatic heterocycles. The third-order valence-corrected chi connectivity index (χ3v) is 6.55. The number of halogens is 1. The first kappa shape index (κ1) is 16.0. The minimum Gasteiger partial charge on any atom is -0.308 e. The molecule has 3 saturated carbocycles. The molecule has 0 spiro atoms. The number of benzene rings is 1. The number of hydrogen-bond acceptors (Lipinski definition) is 2. The Morgan fingerprint density at radius 3 is 2.42 bits per heavy atom. The Morgan fingerprint density at radius 1 is 1.19 bits per heavy atom. The van der Waals surface area contributed by atoms with Crippen LogP contribution in [0.1, 0.15) is 56.4 Å². The van der Waals surface area contributed by atoms with E-state index >= 15 is 0 Å². The molecule has 4 nitrogen and oxygen atoms in total. The maximum Gasteiger partial charge on any atom is 0.232 e. The lowest BCUT2D eigenvalue weighted by atomic mass is 9.78. The first-order valence-corrected chi connectivity index (χ1v) is 9.73. The lowest BCUT2D eigenvalue weighted by Gasteiger charge is -2.27. The molecule has 26 heavy (non-hydrogen) atoms. The molecule has 3 aliphatic rings. The van der Waals surface area contributed by atoms with Gasteiger partial charge in [0.15, 0.2) is 5.82 Å². The number of aryl methyl sites for hydroxylation is 1. The van der Waals surface area contributed by atoms with Crippen LogP contribution < -0.4 is 5.32 Å². The summed E-state index contributed by atoms with van der Waals surface area (Å²) >= 11 is 0. The first-order valence-electron chi connectivity index (χ1n) is 9.73. The molecule has 1 N–H and O–H groups in total. The van der Waals surface area contributed by atoms with Crippen molar-refractivity contribution < 1.29 is 9.18 Å². The Bertz CT molecular complexity index is 858. The van der Waals surface area contributed by atoms with Crippen molar-refractivity contribution in [2.75, 3.05) is 5.32 Å². The molecule has 5 rings (SSSR count). The van der Waals surface area contributed by atoms with E-state index in [-0.39, 0.29) is 17.1 Å². The van der Waals surface area contributed by atoms with Gasteiger partial charge in [-0.05, 0) is 74.6 Å². The average molecular weight is 353 g/mol. The Labute approximate surface area is 152 Å². The zero-order valence-electron chi connectivity index (χ0n) is 15.1. The van der Waals surface area contributed by atoms with E-state index in [1.54, 1.807) is 12.1 Å². The fourth-order valence-electron chi connectivity index (χ4n) is 4.49. The van der Waals surface area contributed by atoms with E-state index in [1.807, 2.05) is 11.7 Å². The summed E-state index contributed by atoms with van der Waals surface area (Å²) in [5.41, 5.74) is 2.96. The Morgan fingerprint density at radius 2 is 1.88 bits per heavy atom. The SMILES string of the molecule is Cn1nc(NC(=O)C2(C3CC3)CC2)c(C2CCC2)c1-c1ccc(F)cc1. The zero-order valence-corrected chi connectivity index (χ0v) is 15.1. The molecule has 1 amide bonds. The number of hydrogen-bond donors (Lipinski definition) is 1. The van der Waals surface area contributed by atoms with E-state index in [4.69, 9.17) is 0 Å². The van der Waals surface area contributed by atoms with Crippen molar-refractivity contribution in [3.8, 4) is 11.3 Å². The highest BCUT2D eigenvalue weighted by Crippen LogP contribution is 2.61. The molecule has 0 atom stereocenters. The molecule has 0 unspecified atom stereocenters. The zero-order chi connectivity index (χ0) is 17.9. The number of nitrogens with zero attached hydrogens (tertiary/aromatic N) is 2. The van der Waals surface area contributed by atoms with Gasteiger partial charge in [-0.1, -0.05) is 6.42 Å². The monoisotopic (exact) mass is 353 g/mol. The van der Waals surface area contributed by atoms with Crippen molar-refractivity contribution in [1.82, 2.24) is 9.78 Å². The van der Waals surface area contributed by atoms with E-state index in [1.165, 1.54) is 31.4 Å². The highest BCUT2D eigenvalue weighted by molar-refractivity contribution is 5.98. The topological polar surface area (TPSA) is 46.9 Å². The number of nitrogens with one attached hydrogen (secondary N) is 1. The lowest BCUT2D eigenvalue weighted by Crippen LogP contribution is -2.27. The summed E-state index contributed by atoms with van der Waals surface area (Å²) in [7, 11) is 1.91. The van der Waals surface area contributed by atoms with E-state index in [9.17, 15) is 9.18 Å². The molecule has 1 aromatic heterocycles. The summed E-state index contributed by atoms with van der Waals surface area (Å²) in [4.78, 5) is 13.0. The van der Waals surface area contributed by atoms with Crippen LogP contribution in [0, 0.1) is 17.2 Å². The van der Waals surface area contributed by atoms with Gasteiger partial charge in [0.05, 0.1) is 11.1 Å². The van der Waals surface area contributed by atoms with Crippen LogP contribution in [0.25, 0.3) is 11.3 Å². The number of aromatic nitrogens is 2. The maximum atomic E-state index is 13.4. The van der Waals surface area contributed by atoms with Gasteiger partial charge in [0, 0.05) is 18.2 Å². The Balaban J connectivity index is 1.52. The fourth-order valence-corrected chi connectivity index (χ4v) is 4.49. The molecule has 0 bridgehead atoms. The predicted octanol–water partition coefficient (Wildman–Crippen LogP) is 4.62. The van der Waals surface area contributed by atoms with Gasteiger partial charge in [-0.15, -0.1) is 0 Å². The van der Waals surface area contributed by atoms with Crippen molar-refractivity contribution >= 4 is 11.7 Å². The van der Waals surface area contributed by atoms with Gasteiger partial charge in [0.2, 0.25) is 5.91 Å². The Hall–Kier alpha value is -2.17. The number of rotatable bonds is 5. The third kappa shape index (κ3) is 2.48. The molecule has 3 fully saturated rings. The second kappa shape index (κ2) is 5.66. The molecule has 5 heteroatoms. The van der Waals surface area contributed by atoms with Crippen LogP contribution in [0.3, 0.4) is 0 Å². The van der Waals surface area contributed by atoms with Crippen LogP contribution in [0.4, 0.5) is 10.2 Å². The molecule has 0 saturated heterocycles. The normalized spacial score (nSPS) is 21.3. The molecule has 2 aromatic rings. The van der Waals surface area contributed by atoms with Crippen LogP contribution in [0.15, 0.2) is 24.3 Å². The summed E-state index contributed by atoms with van der Waals surface area (Å²) in [5, 5.41) is 7.85. The summed E-state index contributed by atoms with van der Waals surface area (Å²) in [6, 6.07) is 6.56. The second-order valence-electron chi connectivity index (χ2n) is 8.25. The van der Waals surface area contributed by atoms with E-state index in [2.05, 4.69) is 10.4 Å². The molecule has 1 aromatic carbocycles. The molecule has 0 radical (unpaired) electrons.